The Kier molecular flexibility index (Phi) is 3.79. The summed E-state index contributed by atoms with van der Waals surface area (Å²) in [6, 6.07) is 7.30. The number of carbonyl (C=O) groups is 1. The molecule has 6 nitrogen and oxygen atoms in total. The first-order valence-electron chi connectivity index (χ1n) is 6.00. The number of carboxylic acids is 1. The van der Waals surface area contributed by atoms with E-state index in [1.807, 2.05) is 25.1 Å². The van der Waals surface area contributed by atoms with E-state index in [4.69, 9.17) is 9.84 Å². The van der Waals surface area contributed by atoms with Gasteiger partial charge in [0.2, 0.25) is 0 Å². The fourth-order valence-electron chi connectivity index (χ4n) is 1.93. The van der Waals surface area contributed by atoms with E-state index in [2.05, 4.69) is 10.3 Å². The van der Waals surface area contributed by atoms with Gasteiger partial charge in [-0.1, -0.05) is 30.7 Å². The van der Waals surface area contributed by atoms with Crippen LogP contribution < -0.4 is 4.74 Å². The van der Waals surface area contributed by atoms with Crippen LogP contribution in [0, 0.1) is 0 Å². The van der Waals surface area contributed by atoms with Gasteiger partial charge in [-0.2, -0.15) is 0 Å². The Bertz CT molecular complexity index is 593. The smallest absolute Gasteiger partial charge is 0.358 e. The number of rotatable bonds is 5. The Balaban J connectivity index is 2.58. The minimum Gasteiger partial charge on any atom is -0.494 e. The molecule has 0 aliphatic carbocycles. The van der Waals surface area contributed by atoms with Crippen molar-refractivity contribution in [1.29, 1.82) is 0 Å². The number of benzene rings is 1. The zero-order chi connectivity index (χ0) is 13.8. The van der Waals surface area contributed by atoms with Crippen LogP contribution in [-0.2, 0) is 6.42 Å². The molecule has 0 bridgehead atoms. The Labute approximate surface area is 110 Å². The quantitative estimate of drug-likeness (QED) is 0.889. The minimum absolute atomic E-state index is 0.00671. The molecule has 1 aromatic heterocycles. The average molecular weight is 261 g/mol. The summed E-state index contributed by atoms with van der Waals surface area (Å²) in [4.78, 5) is 11.1. The molecule has 0 atom stereocenters. The number of para-hydroxylation sites is 2. The summed E-state index contributed by atoms with van der Waals surface area (Å²) >= 11 is 0. The molecule has 0 unspecified atom stereocenters. The molecular formula is C13H15N3O3. The normalized spacial score (nSPS) is 10.4. The second-order valence-corrected chi connectivity index (χ2v) is 4.02. The Morgan fingerprint density at radius 1 is 1.42 bits per heavy atom. The number of aromatic carboxylic acids is 1. The highest BCUT2D eigenvalue weighted by molar-refractivity contribution is 5.86. The van der Waals surface area contributed by atoms with Crippen LogP contribution in [0.15, 0.2) is 24.3 Å². The van der Waals surface area contributed by atoms with Gasteiger partial charge in [-0.25, -0.2) is 9.48 Å². The van der Waals surface area contributed by atoms with Crippen LogP contribution in [0.3, 0.4) is 0 Å². The van der Waals surface area contributed by atoms with E-state index in [9.17, 15) is 4.79 Å². The first-order chi connectivity index (χ1) is 9.19. The highest BCUT2D eigenvalue weighted by Crippen LogP contribution is 2.24. The van der Waals surface area contributed by atoms with E-state index >= 15 is 0 Å². The van der Waals surface area contributed by atoms with Gasteiger partial charge in [0.15, 0.2) is 5.69 Å². The molecule has 2 rings (SSSR count). The minimum atomic E-state index is -1.07. The van der Waals surface area contributed by atoms with Crippen molar-refractivity contribution in [3.8, 4) is 11.4 Å². The predicted molar refractivity (Wildman–Crippen MR) is 68.9 cm³/mol. The molecule has 0 saturated carbocycles. The van der Waals surface area contributed by atoms with Gasteiger partial charge >= 0.3 is 5.97 Å². The molecule has 100 valence electrons. The predicted octanol–water partition coefficient (Wildman–Crippen LogP) is 1.93. The highest BCUT2D eigenvalue weighted by atomic mass is 16.5. The van der Waals surface area contributed by atoms with Gasteiger partial charge < -0.3 is 9.84 Å². The van der Waals surface area contributed by atoms with Crippen molar-refractivity contribution in [3.63, 3.8) is 0 Å². The lowest BCUT2D eigenvalue weighted by Gasteiger charge is -2.10. The zero-order valence-corrected chi connectivity index (χ0v) is 10.8. The summed E-state index contributed by atoms with van der Waals surface area (Å²) in [5.41, 5.74) is 1.26. The molecule has 1 N–H and O–H groups in total. The number of ether oxygens (including phenoxy) is 1. The number of carboxylic acid groups (broad SMARTS) is 1. The molecule has 0 spiro atoms. The van der Waals surface area contributed by atoms with E-state index in [1.54, 1.807) is 13.2 Å². The van der Waals surface area contributed by atoms with Crippen LogP contribution in [0.25, 0.3) is 5.69 Å². The maximum absolute atomic E-state index is 11.1. The highest BCUT2D eigenvalue weighted by Gasteiger charge is 2.20. The monoisotopic (exact) mass is 261 g/mol. The summed E-state index contributed by atoms with van der Waals surface area (Å²) < 4.78 is 6.80. The second kappa shape index (κ2) is 5.51. The third kappa shape index (κ3) is 2.42. The van der Waals surface area contributed by atoms with Gasteiger partial charge in [0.1, 0.15) is 11.4 Å². The SMILES string of the molecule is CCCc1c(C(=O)O)nnn1-c1ccccc1OC. The summed E-state index contributed by atoms with van der Waals surface area (Å²) in [6.45, 7) is 1.98. The lowest BCUT2D eigenvalue weighted by Crippen LogP contribution is -2.07. The summed E-state index contributed by atoms with van der Waals surface area (Å²) in [5, 5.41) is 16.8. The van der Waals surface area contributed by atoms with E-state index < -0.39 is 5.97 Å². The van der Waals surface area contributed by atoms with Crippen molar-refractivity contribution in [2.24, 2.45) is 0 Å². The molecule has 6 heteroatoms. The summed E-state index contributed by atoms with van der Waals surface area (Å²) in [6.07, 6.45) is 1.40. The zero-order valence-electron chi connectivity index (χ0n) is 10.8. The fourth-order valence-corrected chi connectivity index (χ4v) is 1.93. The van der Waals surface area contributed by atoms with Crippen LogP contribution >= 0.6 is 0 Å². The maximum Gasteiger partial charge on any atom is 0.358 e. The molecule has 0 fully saturated rings. The summed E-state index contributed by atoms with van der Waals surface area (Å²) in [7, 11) is 1.56. The lowest BCUT2D eigenvalue weighted by molar-refractivity contribution is 0.0689. The van der Waals surface area contributed by atoms with Crippen molar-refractivity contribution in [1.82, 2.24) is 15.0 Å². The van der Waals surface area contributed by atoms with E-state index in [-0.39, 0.29) is 5.69 Å². The van der Waals surface area contributed by atoms with Gasteiger partial charge in [-0.15, -0.1) is 5.10 Å². The third-order valence-electron chi connectivity index (χ3n) is 2.77. The van der Waals surface area contributed by atoms with Crippen LogP contribution in [0.4, 0.5) is 0 Å². The van der Waals surface area contributed by atoms with Crippen LogP contribution in [0.2, 0.25) is 0 Å². The van der Waals surface area contributed by atoms with Crippen LogP contribution in [0.5, 0.6) is 5.75 Å². The average Bonchev–Trinajstić information content (AvgIpc) is 2.83. The second-order valence-electron chi connectivity index (χ2n) is 4.02. The topological polar surface area (TPSA) is 77.2 Å². The van der Waals surface area contributed by atoms with E-state index in [1.165, 1.54) is 4.68 Å². The molecule has 1 aromatic carbocycles. The number of hydrogen-bond donors (Lipinski definition) is 1. The van der Waals surface area contributed by atoms with Gasteiger partial charge in [0.25, 0.3) is 0 Å². The van der Waals surface area contributed by atoms with Crippen molar-refractivity contribution >= 4 is 5.97 Å². The van der Waals surface area contributed by atoms with Gasteiger partial charge in [-0.3, -0.25) is 0 Å². The molecule has 0 aliphatic heterocycles. The van der Waals surface area contributed by atoms with Gasteiger partial charge in [0.05, 0.1) is 12.8 Å². The van der Waals surface area contributed by atoms with E-state index in [0.717, 1.165) is 6.42 Å². The number of nitrogens with zero attached hydrogens (tertiary/aromatic N) is 3. The molecule has 0 amide bonds. The Hall–Kier alpha value is -2.37. The standard InChI is InChI=1S/C13H15N3O3/c1-3-6-10-12(13(17)18)14-15-16(10)9-7-4-5-8-11(9)19-2/h4-5,7-8H,3,6H2,1-2H3,(H,17,18). The third-order valence-corrected chi connectivity index (χ3v) is 2.77. The molecule has 1 heterocycles. The molecule has 0 aliphatic rings. The molecule has 2 aromatic rings. The fraction of sp³-hybridized carbons (Fsp3) is 0.308. The molecule has 19 heavy (non-hydrogen) atoms. The van der Waals surface area contributed by atoms with E-state index in [0.29, 0.717) is 23.6 Å². The van der Waals surface area contributed by atoms with Gasteiger partial charge in [-0.05, 0) is 18.6 Å². The maximum atomic E-state index is 11.1. The molecular weight excluding hydrogens is 246 g/mol. The Morgan fingerprint density at radius 3 is 2.79 bits per heavy atom. The largest absolute Gasteiger partial charge is 0.494 e. The van der Waals surface area contributed by atoms with Gasteiger partial charge in [0, 0.05) is 0 Å². The first kappa shape index (κ1) is 13.1. The van der Waals surface area contributed by atoms with Crippen molar-refractivity contribution in [2.75, 3.05) is 7.11 Å². The van der Waals surface area contributed by atoms with Crippen molar-refractivity contribution in [3.05, 3.63) is 35.7 Å². The lowest BCUT2D eigenvalue weighted by atomic mass is 10.2. The Morgan fingerprint density at radius 2 is 2.16 bits per heavy atom. The first-order valence-corrected chi connectivity index (χ1v) is 6.00. The number of hydrogen-bond acceptors (Lipinski definition) is 4. The van der Waals surface area contributed by atoms with Crippen molar-refractivity contribution < 1.29 is 14.6 Å². The number of methoxy groups -OCH3 is 1. The summed E-state index contributed by atoms with van der Waals surface area (Å²) in [5.74, 6) is -0.439. The van der Waals surface area contributed by atoms with Crippen LogP contribution in [0.1, 0.15) is 29.5 Å². The number of aromatic nitrogens is 3. The van der Waals surface area contributed by atoms with Crippen LogP contribution in [-0.4, -0.2) is 33.2 Å². The van der Waals surface area contributed by atoms with Crippen molar-refractivity contribution in [2.45, 2.75) is 19.8 Å². The molecule has 0 radical (unpaired) electrons. The molecule has 0 saturated heterocycles.